The highest BCUT2D eigenvalue weighted by Crippen LogP contribution is 2.30. The molecule has 2 aromatic rings. The van der Waals surface area contributed by atoms with Crippen molar-refractivity contribution >= 4 is 71.1 Å². The molecule has 14 nitrogen and oxygen atoms in total. The largest absolute Gasteiger partial charge is 0.467 e. The highest BCUT2D eigenvalue weighted by Gasteiger charge is 2.34. The van der Waals surface area contributed by atoms with Crippen molar-refractivity contribution in [3.05, 3.63) is 58.3 Å². The van der Waals surface area contributed by atoms with E-state index in [1.165, 1.54) is 66.2 Å². The van der Waals surface area contributed by atoms with Gasteiger partial charge in [0.1, 0.15) is 9.21 Å². The van der Waals surface area contributed by atoms with Crippen LogP contribution in [0.4, 0.5) is 11.4 Å². The van der Waals surface area contributed by atoms with Gasteiger partial charge >= 0.3 is 23.3 Å². The number of hydrogen-bond acceptors (Lipinski definition) is 12. The summed E-state index contributed by atoms with van der Waals surface area (Å²) in [6.07, 6.45) is 0. The molecule has 204 valence electrons. The van der Waals surface area contributed by atoms with Gasteiger partial charge in [-0.05, 0) is 87.6 Å². The van der Waals surface area contributed by atoms with Crippen LogP contribution in [0, 0.1) is 20.2 Å². The summed E-state index contributed by atoms with van der Waals surface area (Å²) in [4.78, 5) is 49.4. The normalized spacial score (nSPS) is 10.5. The lowest BCUT2D eigenvalue weighted by molar-refractivity contribution is -0.386. The van der Waals surface area contributed by atoms with Crippen molar-refractivity contribution in [2.45, 2.75) is 38.9 Å². The molecule has 0 unspecified atom stereocenters. The second kappa shape index (κ2) is 14.8. The number of esters is 2. The van der Waals surface area contributed by atoms with E-state index < -0.39 is 33.0 Å². The lowest BCUT2D eigenvalue weighted by Crippen LogP contribution is -2.39. The number of halogens is 3. The number of pyridine rings is 2. The van der Waals surface area contributed by atoms with Gasteiger partial charge < -0.3 is 19.3 Å². The number of ether oxygens (including phenoxy) is 3. The van der Waals surface area contributed by atoms with Crippen LogP contribution in [0.5, 0.6) is 5.88 Å². The molecule has 0 radical (unpaired) electrons. The van der Waals surface area contributed by atoms with Gasteiger partial charge in [-0.1, -0.05) is 0 Å². The summed E-state index contributed by atoms with van der Waals surface area (Å²) in [7, 11) is 2.44. The molecule has 2 heterocycles. The van der Waals surface area contributed by atoms with Gasteiger partial charge in [-0.2, -0.15) is 0 Å². The SMILES string of the molecule is COC(=O)C(C)(C)O.COC(=O)C(C)(C)Oc1nc(Br)ccc1[N+](=O)[O-].O=[N+]([O-])c1ccc(Br)nc1Br. The predicted octanol–water partition coefficient (Wildman–Crippen LogP) is 4.53. The van der Waals surface area contributed by atoms with Crippen LogP contribution in [0.15, 0.2) is 38.1 Å². The first-order valence-electron chi connectivity index (χ1n) is 9.73. The second-order valence-corrected chi connectivity index (χ2v) is 9.95. The average Bonchev–Trinajstić information content (AvgIpc) is 2.77. The van der Waals surface area contributed by atoms with Crippen molar-refractivity contribution < 1.29 is 38.8 Å². The van der Waals surface area contributed by atoms with Gasteiger partial charge in [-0.3, -0.25) is 20.2 Å². The summed E-state index contributed by atoms with van der Waals surface area (Å²) in [5, 5.41) is 29.9. The third-order valence-electron chi connectivity index (χ3n) is 3.71. The summed E-state index contributed by atoms with van der Waals surface area (Å²) in [6.45, 7) is 5.62. The van der Waals surface area contributed by atoms with E-state index >= 15 is 0 Å². The van der Waals surface area contributed by atoms with Crippen LogP contribution in [0.2, 0.25) is 0 Å². The highest BCUT2D eigenvalue weighted by atomic mass is 79.9. The first-order chi connectivity index (χ1) is 16.9. The Balaban J connectivity index is 0.000000580. The van der Waals surface area contributed by atoms with Crippen molar-refractivity contribution in [1.82, 2.24) is 9.97 Å². The quantitative estimate of drug-likeness (QED) is 0.190. The first kappa shape index (κ1) is 34.2. The Morgan fingerprint density at radius 3 is 1.62 bits per heavy atom. The Labute approximate surface area is 236 Å². The Kier molecular flexibility index (Phi) is 13.7. The molecule has 0 spiro atoms. The fourth-order valence-corrected chi connectivity index (χ4v) is 3.25. The van der Waals surface area contributed by atoms with Gasteiger partial charge in [0.05, 0.1) is 24.1 Å². The molecular weight excluding hydrogens is 696 g/mol. The topological polar surface area (TPSA) is 194 Å². The standard InChI is InChI=1S/C10H11BrN2O5.C5H2Br2N2O2.C5H10O3/c1-10(2,9(14)17-3)18-8-6(13(15)16)4-5-7(11)12-8;6-4-2-1-3(9(10)11)5(7)8-4;1-5(2,7)4(6)8-3/h4-5H,1-3H3;1-2H;7H,1-3H3. The number of nitro groups is 2. The third-order valence-corrected chi connectivity index (χ3v) is 5.18. The van der Waals surface area contributed by atoms with Crippen LogP contribution in [-0.4, -0.2) is 62.3 Å². The summed E-state index contributed by atoms with van der Waals surface area (Å²) in [5.74, 6) is -1.51. The summed E-state index contributed by atoms with van der Waals surface area (Å²) in [6, 6.07) is 5.54. The molecule has 0 aliphatic carbocycles. The van der Waals surface area contributed by atoms with E-state index in [-0.39, 0.29) is 21.9 Å². The van der Waals surface area contributed by atoms with Crippen molar-refractivity contribution in [2.24, 2.45) is 0 Å². The van der Waals surface area contributed by atoms with Crippen molar-refractivity contribution in [1.29, 1.82) is 0 Å². The number of methoxy groups -OCH3 is 2. The van der Waals surface area contributed by atoms with Crippen molar-refractivity contribution in [3.8, 4) is 5.88 Å². The van der Waals surface area contributed by atoms with Gasteiger partial charge in [-0.25, -0.2) is 19.6 Å². The van der Waals surface area contributed by atoms with E-state index in [2.05, 4.69) is 67.2 Å². The number of rotatable bonds is 6. The molecule has 0 saturated heterocycles. The smallest absolute Gasteiger partial charge is 0.349 e. The fourth-order valence-electron chi connectivity index (χ4n) is 1.94. The Morgan fingerprint density at radius 1 is 0.838 bits per heavy atom. The molecule has 0 aliphatic heterocycles. The summed E-state index contributed by atoms with van der Waals surface area (Å²) < 4.78 is 15.2. The number of aliphatic hydroxyl groups is 1. The third kappa shape index (κ3) is 11.9. The monoisotopic (exact) mass is 716 g/mol. The molecule has 37 heavy (non-hydrogen) atoms. The molecule has 2 aromatic heterocycles. The molecule has 0 bridgehead atoms. The number of aromatic nitrogens is 2. The minimum Gasteiger partial charge on any atom is -0.467 e. The summed E-state index contributed by atoms with van der Waals surface area (Å²) >= 11 is 9.12. The van der Waals surface area contributed by atoms with E-state index in [0.717, 1.165) is 0 Å². The van der Waals surface area contributed by atoms with Crippen molar-refractivity contribution in [3.63, 3.8) is 0 Å². The number of carbonyl (C=O) groups is 2. The van der Waals surface area contributed by atoms with Gasteiger partial charge in [0, 0.05) is 12.1 Å². The van der Waals surface area contributed by atoms with Crippen LogP contribution in [0.3, 0.4) is 0 Å². The first-order valence-corrected chi connectivity index (χ1v) is 12.1. The molecule has 17 heteroatoms. The van der Waals surface area contributed by atoms with Crippen LogP contribution < -0.4 is 4.74 Å². The van der Waals surface area contributed by atoms with E-state index in [4.69, 9.17) is 9.84 Å². The van der Waals surface area contributed by atoms with Gasteiger partial charge in [0.15, 0.2) is 10.2 Å². The van der Waals surface area contributed by atoms with Crippen LogP contribution in [-0.2, 0) is 19.1 Å². The van der Waals surface area contributed by atoms with Gasteiger partial charge in [0.2, 0.25) is 5.60 Å². The lowest BCUT2D eigenvalue weighted by Gasteiger charge is -2.22. The molecular formula is C20H23Br3N4O10. The number of nitrogens with zero attached hydrogens (tertiary/aromatic N) is 4. The van der Waals surface area contributed by atoms with Crippen molar-refractivity contribution in [2.75, 3.05) is 14.2 Å². The Hall–Kier alpha value is -2.76. The molecule has 0 aromatic carbocycles. The molecule has 0 atom stereocenters. The molecule has 1 N–H and O–H groups in total. The van der Waals surface area contributed by atoms with E-state index in [1.54, 1.807) is 0 Å². The molecule has 0 saturated carbocycles. The van der Waals surface area contributed by atoms with E-state index in [1.807, 2.05) is 0 Å². The fraction of sp³-hybridized carbons (Fsp3) is 0.400. The summed E-state index contributed by atoms with van der Waals surface area (Å²) in [5.41, 5.74) is -3.08. The average molecular weight is 719 g/mol. The second-order valence-electron chi connectivity index (χ2n) is 7.57. The predicted molar refractivity (Wildman–Crippen MR) is 140 cm³/mol. The molecule has 0 amide bonds. The van der Waals surface area contributed by atoms with Crippen LogP contribution >= 0.6 is 47.8 Å². The van der Waals surface area contributed by atoms with Gasteiger partial charge in [-0.15, -0.1) is 0 Å². The lowest BCUT2D eigenvalue weighted by atomic mass is 10.1. The van der Waals surface area contributed by atoms with E-state index in [0.29, 0.717) is 9.21 Å². The van der Waals surface area contributed by atoms with Crippen LogP contribution in [0.25, 0.3) is 0 Å². The zero-order chi connectivity index (χ0) is 29.1. The Bertz CT molecular complexity index is 1140. The maximum atomic E-state index is 11.4. The minimum absolute atomic E-state index is 0.0341. The van der Waals surface area contributed by atoms with Crippen LogP contribution in [0.1, 0.15) is 27.7 Å². The van der Waals surface area contributed by atoms with E-state index in [9.17, 15) is 29.8 Å². The highest BCUT2D eigenvalue weighted by molar-refractivity contribution is 9.11. The molecule has 0 fully saturated rings. The van der Waals surface area contributed by atoms with Gasteiger partial charge in [0.25, 0.3) is 5.88 Å². The minimum atomic E-state index is -1.37. The zero-order valence-electron chi connectivity index (χ0n) is 20.4. The number of carbonyl (C=O) groups excluding carboxylic acids is 2. The Morgan fingerprint density at radius 2 is 1.27 bits per heavy atom. The maximum Gasteiger partial charge on any atom is 0.349 e. The maximum absolute atomic E-state index is 11.4. The molecule has 2 rings (SSSR count). The molecule has 0 aliphatic rings. The zero-order valence-corrected chi connectivity index (χ0v) is 25.1. The number of hydrogen-bond donors (Lipinski definition) is 1.